The Hall–Kier alpha value is -0.580. The number of amides is 1. The van der Waals surface area contributed by atoms with Gasteiger partial charge in [-0.15, -0.1) is 0 Å². The first-order chi connectivity index (χ1) is 6.99. The van der Waals surface area contributed by atoms with Gasteiger partial charge in [-0.2, -0.15) is 0 Å². The van der Waals surface area contributed by atoms with Crippen LogP contribution in [-0.2, 0) is 14.6 Å². The smallest absolute Gasteiger partial charge is 0.220 e. The molecule has 0 aliphatic heterocycles. The number of nitrogens with two attached hydrogens (primary N) is 1. The van der Waals surface area contributed by atoms with E-state index in [1.54, 1.807) is 0 Å². The topological polar surface area (TPSA) is 77.2 Å². The van der Waals surface area contributed by atoms with Crippen LogP contribution in [0.25, 0.3) is 0 Å². The molecule has 0 aromatic carbocycles. The van der Waals surface area contributed by atoms with E-state index >= 15 is 0 Å². The van der Waals surface area contributed by atoms with Crippen LogP contribution in [0.3, 0.4) is 0 Å². The summed E-state index contributed by atoms with van der Waals surface area (Å²) in [6.45, 7) is 0. The Bertz CT molecular complexity index is 420. The van der Waals surface area contributed by atoms with Gasteiger partial charge in [-0.3, -0.25) is 4.79 Å². The summed E-state index contributed by atoms with van der Waals surface area (Å²) < 4.78 is 23.8. The number of carbonyl (C=O) groups excluding carboxylic acids is 1. The van der Waals surface area contributed by atoms with Gasteiger partial charge in [0.05, 0.1) is 10.00 Å². The van der Waals surface area contributed by atoms with Crippen molar-refractivity contribution in [3.8, 4) is 0 Å². The summed E-state index contributed by atoms with van der Waals surface area (Å²) in [5, 5.41) is -0.103. The highest BCUT2D eigenvalue weighted by molar-refractivity contribution is 7.94. The minimum Gasteiger partial charge on any atom is -0.369 e. The second-order valence-electron chi connectivity index (χ2n) is 5.16. The molecule has 3 saturated carbocycles. The fourth-order valence-corrected chi connectivity index (χ4v) is 5.56. The van der Waals surface area contributed by atoms with Crippen LogP contribution in [0.5, 0.6) is 0 Å². The Balaban J connectivity index is 1.84. The number of rotatable bonds is 4. The highest BCUT2D eigenvalue weighted by atomic mass is 32.2. The van der Waals surface area contributed by atoms with Gasteiger partial charge in [0.15, 0.2) is 9.84 Å². The average molecular weight is 229 g/mol. The molecule has 0 aromatic heterocycles. The fraction of sp³-hybridized carbons (Fsp3) is 0.900. The molecule has 84 valence electrons. The fourth-order valence-electron chi connectivity index (χ4n) is 2.79. The third-order valence-electron chi connectivity index (χ3n) is 4.10. The molecule has 0 bridgehead atoms. The van der Waals surface area contributed by atoms with Gasteiger partial charge in [-0.05, 0) is 38.0 Å². The monoisotopic (exact) mass is 229 g/mol. The number of carbonyl (C=O) groups is 1. The van der Waals surface area contributed by atoms with Gasteiger partial charge in [-0.1, -0.05) is 0 Å². The van der Waals surface area contributed by atoms with Gasteiger partial charge in [-0.25, -0.2) is 8.42 Å². The standard InChI is InChI=1S/C10H15NO3S/c11-9(12)7-5-8(7)10(3-4-10)15(13,14)6-1-2-6/h6-8H,1-5H2,(H2,11,12). The van der Waals surface area contributed by atoms with Crippen molar-refractivity contribution in [1.82, 2.24) is 0 Å². The third kappa shape index (κ3) is 1.19. The Morgan fingerprint density at radius 2 is 1.87 bits per heavy atom. The molecule has 1 amide bonds. The summed E-state index contributed by atoms with van der Waals surface area (Å²) in [6.07, 6.45) is 3.83. The highest BCUT2D eigenvalue weighted by Gasteiger charge is 2.70. The molecule has 3 aliphatic rings. The van der Waals surface area contributed by atoms with Crippen LogP contribution in [0, 0.1) is 11.8 Å². The molecule has 2 unspecified atom stereocenters. The van der Waals surface area contributed by atoms with Gasteiger partial charge in [0.25, 0.3) is 0 Å². The maximum atomic E-state index is 12.2. The summed E-state index contributed by atoms with van der Waals surface area (Å²) in [7, 11) is -2.97. The summed E-state index contributed by atoms with van der Waals surface area (Å²) >= 11 is 0. The van der Waals surface area contributed by atoms with Crippen molar-refractivity contribution in [3.63, 3.8) is 0 Å². The molecule has 5 heteroatoms. The zero-order valence-corrected chi connectivity index (χ0v) is 9.29. The molecule has 3 aliphatic carbocycles. The van der Waals surface area contributed by atoms with Crippen LogP contribution >= 0.6 is 0 Å². The zero-order valence-electron chi connectivity index (χ0n) is 8.48. The number of sulfone groups is 1. The van der Waals surface area contributed by atoms with Gasteiger partial charge < -0.3 is 5.73 Å². The van der Waals surface area contributed by atoms with E-state index in [1.165, 1.54) is 0 Å². The molecule has 2 N–H and O–H groups in total. The summed E-state index contributed by atoms with van der Waals surface area (Å²) in [5.41, 5.74) is 5.21. The van der Waals surface area contributed by atoms with E-state index in [0.717, 1.165) is 25.7 Å². The molecular weight excluding hydrogens is 214 g/mol. The van der Waals surface area contributed by atoms with Gasteiger partial charge >= 0.3 is 0 Å². The van der Waals surface area contributed by atoms with Gasteiger partial charge in [0.2, 0.25) is 5.91 Å². The normalized spacial score (nSPS) is 37.3. The van der Waals surface area contributed by atoms with Gasteiger partial charge in [0.1, 0.15) is 0 Å². The molecule has 0 aromatic rings. The van der Waals surface area contributed by atoms with E-state index in [1.807, 2.05) is 0 Å². The summed E-state index contributed by atoms with van der Waals surface area (Å²) in [4.78, 5) is 11.0. The molecule has 0 radical (unpaired) electrons. The maximum Gasteiger partial charge on any atom is 0.220 e. The molecule has 0 spiro atoms. The molecule has 2 atom stereocenters. The lowest BCUT2D eigenvalue weighted by Crippen LogP contribution is -2.31. The summed E-state index contributed by atoms with van der Waals surface area (Å²) in [6, 6.07) is 0. The highest BCUT2D eigenvalue weighted by Crippen LogP contribution is 2.64. The van der Waals surface area contributed by atoms with Crippen LogP contribution < -0.4 is 5.73 Å². The molecular formula is C10H15NO3S. The van der Waals surface area contributed by atoms with Crippen LogP contribution in [0.1, 0.15) is 32.1 Å². The van der Waals surface area contributed by atoms with Crippen LogP contribution in [0.4, 0.5) is 0 Å². The van der Waals surface area contributed by atoms with Crippen molar-refractivity contribution in [2.75, 3.05) is 0 Å². The van der Waals surface area contributed by atoms with Crippen LogP contribution in [-0.4, -0.2) is 24.3 Å². The first-order valence-electron chi connectivity index (χ1n) is 5.52. The Morgan fingerprint density at radius 1 is 1.27 bits per heavy atom. The summed E-state index contributed by atoms with van der Waals surface area (Å²) in [5.74, 6) is -0.445. The van der Waals surface area contributed by atoms with Crippen molar-refractivity contribution < 1.29 is 13.2 Å². The first kappa shape index (κ1) is 9.63. The minimum absolute atomic E-state index is 0.0422. The van der Waals surface area contributed by atoms with Crippen molar-refractivity contribution in [1.29, 1.82) is 0 Å². The van der Waals surface area contributed by atoms with E-state index in [9.17, 15) is 13.2 Å². The Kier molecular flexibility index (Phi) is 1.65. The lowest BCUT2D eigenvalue weighted by atomic mass is 10.2. The Labute approximate surface area is 89.1 Å². The van der Waals surface area contributed by atoms with E-state index in [4.69, 9.17) is 5.73 Å². The Morgan fingerprint density at radius 3 is 2.20 bits per heavy atom. The van der Waals surface area contributed by atoms with Crippen LogP contribution in [0.15, 0.2) is 0 Å². The molecule has 0 heterocycles. The second-order valence-corrected chi connectivity index (χ2v) is 7.73. The predicted octanol–water partition coefficient (Wildman–Crippen LogP) is 0.218. The predicted molar refractivity (Wildman–Crippen MR) is 54.7 cm³/mol. The van der Waals surface area contributed by atoms with Crippen molar-refractivity contribution in [3.05, 3.63) is 0 Å². The minimum atomic E-state index is -2.97. The van der Waals surface area contributed by atoms with Crippen molar-refractivity contribution >= 4 is 15.7 Å². The lowest BCUT2D eigenvalue weighted by Gasteiger charge is -2.15. The first-order valence-corrected chi connectivity index (χ1v) is 7.06. The van der Waals surface area contributed by atoms with E-state index in [0.29, 0.717) is 6.42 Å². The van der Waals surface area contributed by atoms with Crippen molar-refractivity contribution in [2.45, 2.75) is 42.1 Å². The van der Waals surface area contributed by atoms with Gasteiger partial charge in [0, 0.05) is 5.92 Å². The zero-order chi connectivity index (χ0) is 10.8. The molecule has 15 heavy (non-hydrogen) atoms. The molecule has 3 fully saturated rings. The van der Waals surface area contributed by atoms with Crippen LogP contribution in [0.2, 0.25) is 0 Å². The third-order valence-corrected chi connectivity index (χ3v) is 7.30. The number of hydrogen-bond acceptors (Lipinski definition) is 3. The SMILES string of the molecule is NC(=O)C1CC1C1(S(=O)(=O)C2CC2)CC1. The van der Waals surface area contributed by atoms with Crippen molar-refractivity contribution in [2.24, 2.45) is 17.6 Å². The maximum absolute atomic E-state index is 12.2. The lowest BCUT2D eigenvalue weighted by molar-refractivity contribution is -0.119. The number of hydrogen-bond donors (Lipinski definition) is 1. The van der Waals surface area contributed by atoms with E-state index < -0.39 is 14.6 Å². The number of primary amides is 1. The van der Waals surface area contributed by atoms with E-state index in [-0.39, 0.29) is 23.0 Å². The molecule has 3 rings (SSSR count). The quantitative estimate of drug-likeness (QED) is 0.749. The molecule has 0 saturated heterocycles. The average Bonchev–Trinajstić information content (AvgIpc) is 2.94. The second kappa shape index (κ2) is 2.56. The largest absolute Gasteiger partial charge is 0.369 e. The van der Waals surface area contributed by atoms with E-state index in [2.05, 4.69) is 0 Å². The molecule has 4 nitrogen and oxygen atoms in total.